The molecule has 1 aromatic heterocycles. The largest absolute Gasteiger partial charge is 0.368 e. The number of pyridine rings is 1. The van der Waals surface area contributed by atoms with Crippen molar-refractivity contribution >= 4 is 17.6 Å². The molecule has 27 heavy (non-hydrogen) atoms. The Bertz CT molecular complexity index is 812. The van der Waals surface area contributed by atoms with E-state index >= 15 is 0 Å². The molecule has 0 atom stereocenters. The number of aryl methyl sites for hydroxylation is 1. The molecule has 2 amide bonds. The maximum atomic E-state index is 14.0. The molecule has 142 valence electrons. The molecule has 0 saturated heterocycles. The molecule has 2 bridgehead atoms. The van der Waals surface area contributed by atoms with E-state index in [9.17, 15) is 14.0 Å². The average Bonchev–Trinajstić information content (AvgIpc) is 2.67. The molecule has 1 aliphatic rings. The number of fused-ring (bicyclic) bond motifs is 2. The molecule has 0 saturated carbocycles. The second-order valence-corrected chi connectivity index (χ2v) is 6.45. The van der Waals surface area contributed by atoms with Gasteiger partial charge in [-0.05, 0) is 43.5 Å². The summed E-state index contributed by atoms with van der Waals surface area (Å²) in [6, 6.07) is 11.7. The number of hydrogen-bond donors (Lipinski definition) is 2. The Morgan fingerprint density at radius 2 is 1.85 bits per heavy atom. The van der Waals surface area contributed by atoms with Crippen LogP contribution in [0.15, 0.2) is 42.5 Å². The number of carbonyl (C=O) groups is 2. The van der Waals surface area contributed by atoms with Gasteiger partial charge in [-0.2, -0.15) is 0 Å². The Labute approximate surface area is 157 Å². The Kier molecular flexibility index (Phi) is 6.35. The van der Waals surface area contributed by atoms with Gasteiger partial charge in [-0.3, -0.25) is 9.59 Å². The van der Waals surface area contributed by atoms with Crippen LogP contribution in [0.3, 0.4) is 0 Å². The second-order valence-electron chi connectivity index (χ2n) is 6.45. The van der Waals surface area contributed by atoms with E-state index < -0.39 is 11.7 Å². The molecule has 0 radical (unpaired) electrons. The normalized spacial score (nSPS) is 16.0. The standard InChI is InChI=1S/C20H23FN4O2/c21-17-9-2-1-8-16(17)20(27)25-13-4-3-6-15-7-5-10-18(24-15)22-11-12-23-19(26)14-25/h1-2,5,7-10H,3-4,6,11-14H2,(H,22,24)(H,23,26). The van der Waals surface area contributed by atoms with Crippen LogP contribution >= 0.6 is 0 Å². The van der Waals surface area contributed by atoms with Crippen LogP contribution in [0, 0.1) is 5.82 Å². The Morgan fingerprint density at radius 3 is 2.70 bits per heavy atom. The molecular weight excluding hydrogens is 347 g/mol. The van der Waals surface area contributed by atoms with Crippen molar-refractivity contribution in [1.29, 1.82) is 0 Å². The number of nitrogens with zero attached hydrogens (tertiary/aromatic N) is 2. The number of rotatable bonds is 1. The third-order valence-electron chi connectivity index (χ3n) is 4.40. The zero-order chi connectivity index (χ0) is 19.1. The number of anilines is 1. The highest BCUT2D eigenvalue weighted by Gasteiger charge is 2.21. The minimum Gasteiger partial charge on any atom is -0.368 e. The highest BCUT2D eigenvalue weighted by Crippen LogP contribution is 2.12. The van der Waals surface area contributed by atoms with Gasteiger partial charge in [-0.25, -0.2) is 9.37 Å². The fourth-order valence-electron chi connectivity index (χ4n) is 3.01. The molecule has 0 aliphatic carbocycles. The van der Waals surface area contributed by atoms with Gasteiger partial charge < -0.3 is 15.5 Å². The maximum Gasteiger partial charge on any atom is 0.257 e. The minimum atomic E-state index is -0.576. The van der Waals surface area contributed by atoms with Gasteiger partial charge in [0.15, 0.2) is 0 Å². The Balaban J connectivity index is 1.73. The predicted molar refractivity (Wildman–Crippen MR) is 101 cm³/mol. The molecular formula is C20H23FN4O2. The first kappa shape index (κ1) is 18.8. The van der Waals surface area contributed by atoms with Gasteiger partial charge in [0.05, 0.1) is 12.1 Å². The van der Waals surface area contributed by atoms with Crippen LogP contribution in [0.1, 0.15) is 28.9 Å². The van der Waals surface area contributed by atoms with Crippen LogP contribution in [0.25, 0.3) is 0 Å². The first-order valence-electron chi connectivity index (χ1n) is 9.14. The van der Waals surface area contributed by atoms with Gasteiger partial charge in [0.1, 0.15) is 11.6 Å². The van der Waals surface area contributed by atoms with E-state index in [0.29, 0.717) is 26.1 Å². The van der Waals surface area contributed by atoms with E-state index in [1.54, 1.807) is 6.07 Å². The number of benzene rings is 1. The SMILES string of the molecule is O=C1CN(C(=O)c2ccccc2F)CCCCc2cccc(n2)NCCN1. The number of amides is 2. The molecule has 2 aromatic rings. The molecule has 0 spiro atoms. The zero-order valence-corrected chi connectivity index (χ0v) is 15.1. The Morgan fingerprint density at radius 1 is 1.04 bits per heavy atom. The summed E-state index contributed by atoms with van der Waals surface area (Å²) in [5.41, 5.74) is 0.968. The molecule has 0 unspecified atom stereocenters. The minimum absolute atomic E-state index is 0.0116. The maximum absolute atomic E-state index is 14.0. The molecule has 3 rings (SSSR count). The van der Waals surface area contributed by atoms with Crippen molar-refractivity contribution in [2.45, 2.75) is 19.3 Å². The number of hydrogen-bond acceptors (Lipinski definition) is 4. The lowest BCUT2D eigenvalue weighted by Crippen LogP contribution is -2.42. The molecule has 7 heteroatoms. The van der Waals surface area contributed by atoms with Gasteiger partial charge in [0.2, 0.25) is 5.91 Å². The number of halogens is 1. The van der Waals surface area contributed by atoms with Crippen LogP contribution in [0.5, 0.6) is 0 Å². The van der Waals surface area contributed by atoms with E-state index in [4.69, 9.17) is 0 Å². The lowest BCUT2D eigenvalue weighted by molar-refractivity contribution is -0.121. The molecule has 0 fully saturated rings. The van der Waals surface area contributed by atoms with Gasteiger partial charge in [0, 0.05) is 25.3 Å². The van der Waals surface area contributed by atoms with Crippen molar-refractivity contribution in [2.75, 3.05) is 31.5 Å². The Hall–Kier alpha value is -2.96. The smallest absolute Gasteiger partial charge is 0.257 e. The summed E-state index contributed by atoms with van der Waals surface area (Å²) in [7, 11) is 0. The van der Waals surface area contributed by atoms with E-state index in [-0.39, 0.29) is 18.0 Å². The highest BCUT2D eigenvalue weighted by atomic mass is 19.1. The summed E-state index contributed by atoms with van der Waals surface area (Å²) >= 11 is 0. The van der Waals surface area contributed by atoms with Crippen molar-refractivity contribution < 1.29 is 14.0 Å². The van der Waals surface area contributed by atoms with Crippen molar-refractivity contribution in [3.63, 3.8) is 0 Å². The number of nitrogens with one attached hydrogen (secondary N) is 2. The van der Waals surface area contributed by atoms with Crippen LogP contribution < -0.4 is 10.6 Å². The molecule has 1 aromatic carbocycles. The lowest BCUT2D eigenvalue weighted by Gasteiger charge is -2.23. The molecule has 2 heterocycles. The summed E-state index contributed by atoms with van der Waals surface area (Å²) < 4.78 is 14.0. The first-order chi connectivity index (χ1) is 13.1. The lowest BCUT2D eigenvalue weighted by atomic mass is 10.1. The van der Waals surface area contributed by atoms with Crippen LogP contribution in [-0.2, 0) is 11.2 Å². The van der Waals surface area contributed by atoms with Crippen LogP contribution in [0.4, 0.5) is 10.2 Å². The average molecular weight is 370 g/mol. The monoisotopic (exact) mass is 370 g/mol. The number of aromatic nitrogens is 1. The number of carbonyl (C=O) groups excluding carboxylic acids is 2. The summed E-state index contributed by atoms with van der Waals surface area (Å²) in [5, 5.41) is 5.95. The zero-order valence-electron chi connectivity index (χ0n) is 15.1. The summed E-state index contributed by atoms with van der Waals surface area (Å²) in [6.45, 7) is 1.24. The fourth-order valence-corrected chi connectivity index (χ4v) is 3.01. The van der Waals surface area contributed by atoms with E-state index in [1.807, 2.05) is 18.2 Å². The summed E-state index contributed by atoms with van der Waals surface area (Å²) in [4.78, 5) is 30.9. The van der Waals surface area contributed by atoms with Gasteiger partial charge >= 0.3 is 0 Å². The molecule has 1 aliphatic heterocycles. The summed E-state index contributed by atoms with van der Waals surface area (Å²) in [6.07, 6.45) is 2.30. The van der Waals surface area contributed by atoms with Crippen molar-refractivity contribution in [3.05, 3.63) is 59.5 Å². The van der Waals surface area contributed by atoms with E-state index in [2.05, 4.69) is 15.6 Å². The van der Waals surface area contributed by atoms with Crippen molar-refractivity contribution in [2.24, 2.45) is 0 Å². The second kappa shape index (κ2) is 9.12. The molecule has 6 nitrogen and oxygen atoms in total. The third kappa shape index (κ3) is 5.26. The van der Waals surface area contributed by atoms with Crippen molar-refractivity contribution in [3.8, 4) is 0 Å². The first-order valence-corrected chi connectivity index (χ1v) is 9.14. The van der Waals surface area contributed by atoms with Crippen LogP contribution in [-0.4, -0.2) is 47.9 Å². The quantitative estimate of drug-likeness (QED) is 0.807. The summed E-state index contributed by atoms with van der Waals surface area (Å²) in [5.74, 6) is -0.517. The van der Waals surface area contributed by atoms with Gasteiger partial charge in [0.25, 0.3) is 5.91 Å². The third-order valence-corrected chi connectivity index (χ3v) is 4.40. The van der Waals surface area contributed by atoms with Gasteiger partial charge in [-0.1, -0.05) is 18.2 Å². The highest BCUT2D eigenvalue weighted by molar-refractivity contribution is 5.96. The fraction of sp³-hybridized carbons (Fsp3) is 0.350. The topological polar surface area (TPSA) is 74.3 Å². The predicted octanol–water partition coefficient (Wildman–Crippen LogP) is 2.23. The molecule has 2 N–H and O–H groups in total. The van der Waals surface area contributed by atoms with Crippen LogP contribution in [0.2, 0.25) is 0 Å². The van der Waals surface area contributed by atoms with Gasteiger partial charge in [-0.15, -0.1) is 0 Å². The van der Waals surface area contributed by atoms with E-state index in [0.717, 1.165) is 24.4 Å². The van der Waals surface area contributed by atoms with E-state index in [1.165, 1.54) is 23.1 Å². The van der Waals surface area contributed by atoms with Crippen molar-refractivity contribution in [1.82, 2.24) is 15.2 Å².